The Morgan fingerprint density at radius 2 is 1.65 bits per heavy atom. The van der Waals surface area contributed by atoms with Crippen molar-refractivity contribution in [2.45, 2.75) is 19.4 Å². The number of nitrogens with one attached hydrogen (secondary N) is 2. The van der Waals surface area contributed by atoms with Crippen molar-refractivity contribution in [3.8, 4) is 0 Å². The molecule has 0 unspecified atom stereocenters. The van der Waals surface area contributed by atoms with Gasteiger partial charge in [-0.15, -0.1) is 0 Å². The van der Waals surface area contributed by atoms with Crippen LogP contribution in [0.1, 0.15) is 28.8 Å². The molecule has 4 N–H and O–H groups in total. The van der Waals surface area contributed by atoms with E-state index in [1.807, 2.05) is 0 Å². The molecule has 0 saturated heterocycles. The molecule has 0 aliphatic heterocycles. The number of aliphatic carboxylic acids is 1. The summed E-state index contributed by atoms with van der Waals surface area (Å²) in [4.78, 5) is 32.3. The number of carbonyl (C=O) groups is 3. The highest BCUT2D eigenvalue weighted by Crippen LogP contribution is 2.04. The monoisotopic (exact) mass is 280 g/mol. The number of hydrogen-bond donors (Lipinski definition) is 4. The van der Waals surface area contributed by atoms with Gasteiger partial charge in [0.25, 0.3) is 0 Å². The molecule has 0 aromatic heterocycles. The number of rotatable bonds is 7. The zero-order valence-corrected chi connectivity index (χ0v) is 10.8. The van der Waals surface area contributed by atoms with Crippen molar-refractivity contribution < 1.29 is 24.6 Å². The summed E-state index contributed by atoms with van der Waals surface area (Å²) >= 11 is 0. The zero-order chi connectivity index (χ0) is 15.0. The lowest BCUT2D eigenvalue weighted by Gasteiger charge is -2.07. The number of aromatic carboxylic acids is 1. The molecule has 20 heavy (non-hydrogen) atoms. The quantitative estimate of drug-likeness (QED) is 0.557. The van der Waals surface area contributed by atoms with Crippen LogP contribution < -0.4 is 10.6 Å². The van der Waals surface area contributed by atoms with Crippen molar-refractivity contribution in [2.24, 2.45) is 0 Å². The van der Waals surface area contributed by atoms with Gasteiger partial charge in [-0.25, -0.2) is 9.59 Å². The third-order valence-electron chi connectivity index (χ3n) is 2.51. The summed E-state index contributed by atoms with van der Waals surface area (Å²) in [5, 5.41) is 22.3. The topological polar surface area (TPSA) is 116 Å². The van der Waals surface area contributed by atoms with E-state index in [1.54, 1.807) is 12.1 Å². The van der Waals surface area contributed by atoms with Crippen LogP contribution in [0.5, 0.6) is 0 Å². The number of amides is 2. The average Bonchev–Trinajstić information content (AvgIpc) is 2.41. The van der Waals surface area contributed by atoms with Gasteiger partial charge < -0.3 is 20.8 Å². The summed E-state index contributed by atoms with van der Waals surface area (Å²) in [6.07, 6.45) is 0.382. The van der Waals surface area contributed by atoms with Gasteiger partial charge in [-0.2, -0.15) is 0 Å². The van der Waals surface area contributed by atoms with Crippen LogP contribution in [-0.4, -0.2) is 34.7 Å². The molecule has 0 heterocycles. The lowest BCUT2D eigenvalue weighted by molar-refractivity contribution is -0.137. The average molecular weight is 280 g/mol. The largest absolute Gasteiger partial charge is 0.481 e. The number of benzene rings is 1. The Hall–Kier alpha value is -2.57. The van der Waals surface area contributed by atoms with E-state index < -0.39 is 18.0 Å². The van der Waals surface area contributed by atoms with E-state index in [0.717, 1.165) is 5.56 Å². The van der Waals surface area contributed by atoms with Crippen LogP contribution in [-0.2, 0) is 11.3 Å². The summed E-state index contributed by atoms with van der Waals surface area (Å²) in [7, 11) is 0. The molecule has 0 aliphatic carbocycles. The van der Waals surface area contributed by atoms with Crippen molar-refractivity contribution >= 4 is 18.0 Å². The minimum Gasteiger partial charge on any atom is -0.481 e. The number of carboxylic acid groups (broad SMARTS) is 2. The van der Waals surface area contributed by atoms with Gasteiger partial charge in [0.1, 0.15) is 0 Å². The second kappa shape index (κ2) is 7.78. The van der Waals surface area contributed by atoms with Gasteiger partial charge in [0.2, 0.25) is 0 Å². The van der Waals surface area contributed by atoms with Crippen LogP contribution in [0.4, 0.5) is 4.79 Å². The van der Waals surface area contributed by atoms with Gasteiger partial charge in [-0.05, 0) is 24.1 Å². The van der Waals surface area contributed by atoms with E-state index in [9.17, 15) is 14.4 Å². The molecule has 0 aliphatic rings. The molecule has 7 heteroatoms. The molecule has 1 rings (SSSR count). The fourth-order valence-corrected chi connectivity index (χ4v) is 1.45. The molecule has 0 fully saturated rings. The van der Waals surface area contributed by atoms with Gasteiger partial charge in [-0.1, -0.05) is 12.1 Å². The highest BCUT2D eigenvalue weighted by Gasteiger charge is 2.03. The van der Waals surface area contributed by atoms with E-state index in [0.29, 0.717) is 6.42 Å². The van der Waals surface area contributed by atoms with E-state index in [-0.39, 0.29) is 25.1 Å². The maximum atomic E-state index is 11.4. The van der Waals surface area contributed by atoms with E-state index in [1.165, 1.54) is 12.1 Å². The molecule has 0 spiro atoms. The summed E-state index contributed by atoms with van der Waals surface area (Å²) in [5.74, 6) is -1.90. The van der Waals surface area contributed by atoms with Gasteiger partial charge in [0, 0.05) is 19.5 Å². The second-order valence-electron chi connectivity index (χ2n) is 4.11. The first-order valence-corrected chi connectivity index (χ1v) is 6.05. The normalized spacial score (nSPS) is 9.80. The first kappa shape index (κ1) is 15.5. The first-order chi connectivity index (χ1) is 9.49. The molecule has 0 radical (unpaired) electrons. The molecule has 1 aromatic rings. The van der Waals surface area contributed by atoms with Gasteiger partial charge in [0.05, 0.1) is 5.56 Å². The van der Waals surface area contributed by atoms with Crippen LogP contribution >= 0.6 is 0 Å². The maximum absolute atomic E-state index is 11.4. The van der Waals surface area contributed by atoms with Crippen LogP contribution in [0.15, 0.2) is 24.3 Å². The molecule has 0 bridgehead atoms. The molecule has 0 saturated carbocycles. The Balaban J connectivity index is 2.26. The number of carbonyl (C=O) groups excluding carboxylic acids is 1. The fraction of sp³-hybridized carbons (Fsp3) is 0.308. The molecule has 108 valence electrons. The van der Waals surface area contributed by atoms with E-state index >= 15 is 0 Å². The Morgan fingerprint density at radius 1 is 1.00 bits per heavy atom. The zero-order valence-electron chi connectivity index (χ0n) is 10.8. The summed E-state index contributed by atoms with van der Waals surface area (Å²) < 4.78 is 0. The predicted molar refractivity (Wildman–Crippen MR) is 70.5 cm³/mol. The highest BCUT2D eigenvalue weighted by molar-refractivity contribution is 5.87. The molecule has 0 atom stereocenters. The first-order valence-electron chi connectivity index (χ1n) is 6.05. The van der Waals surface area contributed by atoms with Crippen molar-refractivity contribution in [1.29, 1.82) is 0 Å². The molecular formula is C13H16N2O5. The number of hydrogen-bond acceptors (Lipinski definition) is 3. The lowest BCUT2D eigenvalue weighted by Crippen LogP contribution is -2.35. The van der Waals surface area contributed by atoms with Crippen LogP contribution in [0.2, 0.25) is 0 Å². The Labute approximate surface area is 115 Å². The predicted octanol–water partition coefficient (Wildman–Crippen LogP) is 1.05. The van der Waals surface area contributed by atoms with Crippen molar-refractivity contribution in [3.05, 3.63) is 35.4 Å². The summed E-state index contributed by atoms with van der Waals surface area (Å²) in [6, 6.07) is 5.77. The van der Waals surface area contributed by atoms with Crippen molar-refractivity contribution in [3.63, 3.8) is 0 Å². The third kappa shape index (κ3) is 5.85. The smallest absolute Gasteiger partial charge is 0.335 e. The third-order valence-corrected chi connectivity index (χ3v) is 2.51. The Morgan fingerprint density at radius 3 is 2.20 bits per heavy atom. The van der Waals surface area contributed by atoms with E-state index in [4.69, 9.17) is 10.2 Å². The minimum atomic E-state index is -0.999. The molecule has 7 nitrogen and oxygen atoms in total. The van der Waals surface area contributed by atoms with Gasteiger partial charge in [0.15, 0.2) is 0 Å². The SMILES string of the molecule is O=C(O)CCCNC(=O)NCc1ccc(C(=O)O)cc1. The molecule has 1 aromatic carbocycles. The van der Waals surface area contributed by atoms with Crippen LogP contribution in [0, 0.1) is 0 Å². The fourth-order valence-electron chi connectivity index (χ4n) is 1.45. The van der Waals surface area contributed by atoms with Gasteiger partial charge in [-0.3, -0.25) is 4.79 Å². The number of urea groups is 1. The Bertz CT molecular complexity index is 484. The maximum Gasteiger partial charge on any atom is 0.335 e. The Kier molecular flexibility index (Phi) is 6.02. The lowest BCUT2D eigenvalue weighted by atomic mass is 10.1. The number of carboxylic acids is 2. The second-order valence-corrected chi connectivity index (χ2v) is 4.11. The van der Waals surface area contributed by atoms with E-state index in [2.05, 4.69) is 10.6 Å². The van der Waals surface area contributed by atoms with Crippen molar-refractivity contribution in [2.75, 3.05) is 6.54 Å². The van der Waals surface area contributed by atoms with Crippen LogP contribution in [0.3, 0.4) is 0 Å². The van der Waals surface area contributed by atoms with Crippen molar-refractivity contribution in [1.82, 2.24) is 10.6 Å². The summed E-state index contributed by atoms with van der Waals surface area (Å²) in [6.45, 7) is 0.556. The van der Waals surface area contributed by atoms with Crippen LogP contribution in [0.25, 0.3) is 0 Å². The standard InChI is InChI=1S/C13H16N2O5/c16-11(17)2-1-7-14-13(20)15-8-9-3-5-10(6-4-9)12(18)19/h3-6H,1-2,7-8H2,(H,16,17)(H,18,19)(H2,14,15,20). The highest BCUT2D eigenvalue weighted by atomic mass is 16.4. The molecular weight excluding hydrogens is 264 g/mol. The summed E-state index contributed by atoms with van der Waals surface area (Å²) in [5.41, 5.74) is 0.961. The minimum absolute atomic E-state index is 0.0108. The molecule has 2 amide bonds. The van der Waals surface area contributed by atoms with Gasteiger partial charge >= 0.3 is 18.0 Å².